The normalized spacial score (nSPS) is 12.6. The van der Waals surface area contributed by atoms with Gasteiger partial charge in [-0.05, 0) is 48.9 Å². The van der Waals surface area contributed by atoms with Crippen LogP contribution in [-0.2, 0) is 6.54 Å². The van der Waals surface area contributed by atoms with E-state index in [0.717, 1.165) is 16.9 Å². The number of H-pyrrole nitrogens is 1. The third kappa shape index (κ3) is 4.94. The molecule has 0 aliphatic rings. The van der Waals surface area contributed by atoms with E-state index in [1.165, 1.54) is 0 Å². The van der Waals surface area contributed by atoms with Crippen LogP contribution in [0.2, 0.25) is 10.0 Å². The Morgan fingerprint density at radius 1 is 1.25 bits per heavy atom. The zero-order valence-electron chi connectivity index (χ0n) is 15.4. The lowest BCUT2D eigenvalue weighted by molar-refractivity contribution is 0.415. The van der Waals surface area contributed by atoms with E-state index >= 15 is 0 Å². The van der Waals surface area contributed by atoms with Crippen molar-refractivity contribution in [1.29, 1.82) is 0 Å². The summed E-state index contributed by atoms with van der Waals surface area (Å²) in [7, 11) is 1.62. The van der Waals surface area contributed by atoms with E-state index in [1.807, 2.05) is 37.3 Å². The number of guanidine groups is 1. The van der Waals surface area contributed by atoms with Gasteiger partial charge in [0.25, 0.3) is 0 Å². The third-order valence-corrected chi connectivity index (χ3v) is 4.63. The summed E-state index contributed by atoms with van der Waals surface area (Å²) >= 11 is 12.2. The van der Waals surface area contributed by atoms with Crippen LogP contribution in [0.15, 0.2) is 47.5 Å². The molecular weight excluding hydrogens is 399 g/mol. The second kappa shape index (κ2) is 8.95. The Labute approximate surface area is 172 Å². The second-order valence-electron chi connectivity index (χ2n) is 6.07. The van der Waals surface area contributed by atoms with Crippen molar-refractivity contribution in [1.82, 2.24) is 20.5 Å². The summed E-state index contributed by atoms with van der Waals surface area (Å²) in [5.74, 6) is 2.24. The van der Waals surface area contributed by atoms with E-state index in [-0.39, 0.29) is 18.5 Å². The average Bonchev–Trinajstić information content (AvgIpc) is 3.15. The van der Waals surface area contributed by atoms with E-state index in [2.05, 4.69) is 25.5 Å². The first-order valence-electron chi connectivity index (χ1n) is 8.53. The lowest BCUT2D eigenvalue weighted by atomic mass is 10.1. The van der Waals surface area contributed by atoms with E-state index in [0.29, 0.717) is 21.7 Å². The van der Waals surface area contributed by atoms with Gasteiger partial charge in [0.15, 0.2) is 11.8 Å². The quantitative estimate of drug-likeness (QED) is 0.415. The highest BCUT2D eigenvalue weighted by molar-refractivity contribution is 6.35. The minimum absolute atomic E-state index is 0.127. The standard InChI is InChI=1S/C19H20Cl2N6O/c1-11(15-8-5-13(20)9-16(15)21)24-19(22)23-10-17-25-18(27-26-17)12-3-6-14(28-2)7-4-12/h3-9,11H,10H2,1-2H3,(H3,22,23,24)(H,25,26,27). The highest BCUT2D eigenvalue weighted by Gasteiger charge is 2.11. The second-order valence-corrected chi connectivity index (χ2v) is 6.91. The molecule has 0 radical (unpaired) electrons. The molecule has 7 nitrogen and oxygen atoms in total. The minimum atomic E-state index is -0.127. The molecule has 0 aliphatic carbocycles. The molecule has 0 aliphatic heterocycles. The molecule has 0 bridgehead atoms. The lowest BCUT2D eigenvalue weighted by Crippen LogP contribution is -2.34. The van der Waals surface area contributed by atoms with Gasteiger partial charge in [0.2, 0.25) is 0 Å². The van der Waals surface area contributed by atoms with Crippen molar-refractivity contribution in [2.24, 2.45) is 10.7 Å². The number of nitrogens with zero attached hydrogens (tertiary/aromatic N) is 3. The number of benzene rings is 2. The van der Waals surface area contributed by atoms with Crippen LogP contribution in [0.1, 0.15) is 24.4 Å². The SMILES string of the molecule is COc1ccc(-c2n[nH]c(CN=C(N)NC(C)c3ccc(Cl)cc3Cl)n2)cc1. The molecule has 1 unspecified atom stereocenters. The molecule has 0 fully saturated rings. The van der Waals surface area contributed by atoms with E-state index in [4.69, 9.17) is 33.7 Å². The number of rotatable bonds is 6. The molecule has 28 heavy (non-hydrogen) atoms. The maximum absolute atomic E-state index is 6.22. The van der Waals surface area contributed by atoms with Crippen LogP contribution in [-0.4, -0.2) is 28.3 Å². The Bertz CT molecular complexity index is 971. The summed E-state index contributed by atoms with van der Waals surface area (Å²) < 4.78 is 5.15. The summed E-state index contributed by atoms with van der Waals surface area (Å²) in [5, 5.41) is 11.3. The molecule has 3 aromatic rings. The van der Waals surface area contributed by atoms with Gasteiger partial charge < -0.3 is 15.8 Å². The van der Waals surface area contributed by atoms with E-state index in [9.17, 15) is 0 Å². The predicted molar refractivity (Wildman–Crippen MR) is 112 cm³/mol. The summed E-state index contributed by atoms with van der Waals surface area (Å²) in [4.78, 5) is 8.74. The fourth-order valence-electron chi connectivity index (χ4n) is 2.59. The predicted octanol–water partition coefficient (Wildman–Crippen LogP) is 3.95. The maximum atomic E-state index is 6.22. The Balaban J connectivity index is 1.62. The summed E-state index contributed by atoms with van der Waals surface area (Å²) in [6.45, 7) is 2.21. The van der Waals surface area contributed by atoms with Crippen LogP contribution in [0.3, 0.4) is 0 Å². The number of hydrogen-bond acceptors (Lipinski definition) is 4. The fraction of sp³-hybridized carbons (Fsp3) is 0.211. The van der Waals surface area contributed by atoms with Crippen LogP contribution < -0.4 is 15.8 Å². The number of nitrogens with two attached hydrogens (primary N) is 1. The van der Waals surface area contributed by atoms with Crippen LogP contribution in [0.5, 0.6) is 5.75 Å². The molecule has 0 amide bonds. The molecule has 2 aromatic carbocycles. The molecule has 0 saturated carbocycles. The average molecular weight is 419 g/mol. The number of methoxy groups -OCH3 is 1. The molecule has 1 atom stereocenters. The number of nitrogens with one attached hydrogen (secondary N) is 2. The van der Waals surface area contributed by atoms with Crippen molar-refractivity contribution in [2.75, 3.05) is 7.11 Å². The van der Waals surface area contributed by atoms with Gasteiger partial charge in [0.05, 0.1) is 13.2 Å². The zero-order valence-corrected chi connectivity index (χ0v) is 16.9. The van der Waals surface area contributed by atoms with E-state index in [1.54, 1.807) is 19.2 Å². The summed E-state index contributed by atoms with van der Waals surface area (Å²) in [6.07, 6.45) is 0. The van der Waals surface area contributed by atoms with Crippen LogP contribution in [0, 0.1) is 0 Å². The number of aromatic nitrogens is 3. The molecule has 1 aromatic heterocycles. The zero-order chi connectivity index (χ0) is 20.1. The molecule has 1 heterocycles. The number of halogens is 2. The first kappa shape index (κ1) is 20.0. The van der Waals surface area contributed by atoms with Crippen LogP contribution in [0.25, 0.3) is 11.4 Å². The van der Waals surface area contributed by atoms with Gasteiger partial charge in [-0.3, -0.25) is 5.10 Å². The number of hydrogen-bond donors (Lipinski definition) is 3. The van der Waals surface area contributed by atoms with Crippen molar-refractivity contribution >= 4 is 29.2 Å². The van der Waals surface area contributed by atoms with Crippen LogP contribution in [0.4, 0.5) is 0 Å². The Morgan fingerprint density at radius 2 is 2.00 bits per heavy atom. The minimum Gasteiger partial charge on any atom is -0.497 e. The molecule has 3 rings (SSSR count). The van der Waals surface area contributed by atoms with Crippen molar-refractivity contribution in [3.63, 3.8) is 0 Å². The van der Waals surface area contributed by atoms with Crippen molar-refractivity contribution in [3.05, 3.63) is 63.9 Å². The molecule has 0 spiro atoms. The first-order chi connectivity index (χ1) is 13.5. The van der Waals surface area contributed by atoms with Gasteiger partial charge in [-0.15, -0.1) is 0 Å². The molecule has 146 valence electrons. The third-order valence-electron chi connectivity index (χ3n) is 4.07. The highest BCUT2D eigenvalue weighted by atomic mass is 35.5. The highest BCUT2D eigenvalue weighted by Crippen LogP contribution is 2.26. The molecule has 9 heteroatoms. The van der Waals surface area contributed by atoms with Gasteiger partial charge >= 0.3 is 0 Å². The number of aliphatic imine (C=N–C) groups is 1. The smallest absolute Gasteiger partial charge is 0.189 e. The van der Waals surface area contributed by atoms with Crippen molar-refractivity contribution in [3.8, 4) is 17.1 Å². The van der Waals surface area contributed by atoms with Gasteiger partial charge in [-0.2, -0.15) is 5.10 Å². The Kier molecular flexibility index (Phi) is 6.38. The largest absolute Gasteiger partial charge is 0.497 e. The van der Waals surface area contributed by atoms with Crippen LogP contribution >= 0.6 is 23.2 Å². The first-order valence-corrected chi connectivity index (χ1v) is 9.29. The van der Waals surface area contributed by atoms with Gasteiger partial charge in [-0.1, -0.05) is 29.3 Å². The summed E-state index contributed by atoms with van der Waals surface area (Å²) in [5.41, 5.74) is 7.74. The van der Waals surface area contributed by atoms with Crippen molar-refractivity contribution in [2.45, 2.75) is 19.5 Å². The molecular formula is C19H20Cl2N6O. The fourth-order valence-corrected chi connectivity index (χ4v) is 3.17. The van der Waals surface area contributed by atoms with Crippen molar-refractivity contribution < 1.29 is 4.74 Å². The van der Waals surface area contributed by atoms with Gasteiger partial charge in [0, 0.05) is 15.6 Å². The Morgan fingerprint density at radius 3 is 2.68 bits per heavy atom. The monoisotopic (exact) mass is 418 g/mol. The number of ether oxygens (including phenoxy) is 1. The summed E-state index contributed by atoms with van der Waals surface area (Å²) in [6, 6.07) is 12.7. The lowest BCUT2D eigenvalue weighted by Gasteiger charge is -2.16. The molecule has 4 N–H and O–H groups in total. The Hall–Kier alpha value is -2.77. The van der Waals surface area contributed by atoms with Gasteiger partial charge in [-0.25, -0.2) is 9.98 Å². The molecule has 0 saturated heterocycles. The van der Waals surface area contributed by atoms with Gasteiger partial charge in [0.1, 0.15) is 18.1 Å². The van der Waals surface area contributed by atoms with E-state index < -0.39 is 0 Å². The topological polar surface area (TPSA) is 101 Å². The maximum Gasteiger partial charge on any atom is 0.189 e. The number of aromatic amines is 1.